The molecule has 2 rings (SSSR count). The van der Waals surface area contributed by atoms with E-state index in [0.29, 0.717) is 6.54 Å². The highest BCUT2D eigenvalue weighted by molar-refractivity contribution is 5.91. The third kappa shape index (κ3) is 4.91. The number of pyridine rings is 1. The molecule has 2 heterocycles. The highest BCUT2D eigenvalue weighted by Gasteiger charge is 2.33. The second kappa shape index (κ2) is 6.62. The molecular formula is C16H21F3N4O2. The van der Waals surface area contributed by atoms with Gasteiger partial charge in [-0.1, -0.05) is 13.8 Å². The summed E-state index contributed by atoms with van der Waals surface area (Å²) in [5, 5.41) is 12.3. The van der Waals surface area contributed by atoms with Crippen molar-refractivity contribution in [2.45, 2.75) is 52.4 Å². The Morgan fingerprint density at radius 2 is 1.92 bits per heavy atom. The smallest absolute Gasteiger partial charge is 0.390 e. The topological polar surface area (TPSA) is 80.0 Å². The summed E-state index contributed by atoms with van der Waals surface area (Å²) in [5.74, 6) is -0.271. The summed E-state index contributed by atoms with van der Waals surface area (Å²) in [6.45, 7) is 7.09. The first-order valence-electron chi connectivity index (χ1n) is 7.83. The van der Waals surface area contributed by atoms with Crippen molar-refractivity contribution >= 4 is 23.0 Å². The number of carbonyl (C=O) groups is 1. The van der Waals surface area contributed by atoms with Crippen LogP contribution in [0.15, 0.2) is 12.1 Å². The number of anilines is 1. The maximum absolute atomic E-state index is 12.9. The normalized spacial score (nSPS) is 12.8. The molecule has 0 aliphatic rings. The van der Waals surface area contributed by atoms with Gasteiger partial charge >= 0.3 is 6.18 Å². The average Bonchev–Trinajstić information content (AvgIpc) is 2.72. The molecule has 0 bridgehead atoms. The van der Waals surface area contributed by atoms with Gasteiger partial charge in [0.05, 0.1) is 12.0 Å². The lowest BCUT2D eigenvalue weighted by atomic mass is 10.1. The summed E-state index contributed by atoms with van der Waals surface area (Å²) in [7, 11) is 0. The molecule has 9 heteroatoms. The molecule has 138 valence electrons. The van der Waals surface area contributed by atoms with E-state index in [2.05, 4.69) is 15.3 Å². The third-order valence-electron chi connectivity index (χ3n) is 3.27. The van der Waals surface area contributed by atoms with Gasteiger partial charge in [-0.05, 0) is 31.9 Å². The number of halogens is 3. The number of rotatable bonds is 5. The minimum Gasteiger partial charge on any atom is -0.390 e. The van der Waals surface area contributed by atoms with E-state index in [1.165, 1.54) is 24.5 Å². The number of alkyl halides is 3. The standard InChI is InChI=1S/C16H21F3N4O2/c1-9(2)8-23-13-10(5-6-11(21-13)16(17,18)19)20-14(23)22-12(24)7-15(3,4)25/h5-6,9,25H,7-8H2,1-4H3,(H,20,22,24). The van der Waals surface area contributed by atoms with E-state index in [9.17, 15) is 23.1 Å². The first kappa shape index (κ1) is 19.2. The Balaban J connectivity index is 2.46. The Labute approximate surface area is 143 Å². The molecule has 2 aromatic heterocycles. The second-order valence-electron chi connectivity index (χ2n) is 7.01. The van der Waals surface area contributed by atoms with Gasteiger partial charge in [0.15, 0.2) is 5.65 Å². The zero-order valence-corrected chi connectivity index (χ0v) is 14.5. The van der Waals surface area contributed by atoms with Gasteiger partial charge in [-0.2, -0.15) is 13.2 Å². The summed E-state index contributed by atoms with van der Waals surface area (Å²) >= 11 is 0. The molecule has 6 nitrogen and oxygen atoms in total. The van der Waals surface area contributed by atoms with E-state index in [1.807, 2.05) is 13.8 Å². The zero-order valence-electron chi connectivity index (χ0n) is 14.5. The fourth-order valence-electron chi connectivity index (χ4n) is 2.35. The molecule has 0 unspecified atom stereocenters. The molecule has 0 radical (unpaired) electrons. The van der Waals surface area contributed by atoms with Crippen molar-refractivity contribution in [3.8, 4) is 0 Å². The van der Waals surface area contributed by atoms with Crippen molar-refractivity contribution in [2.75, 3.05) is 5.32 Å². The second-order valence-corrected chi connectivity index (χ2v) is 7.01. The molecule has 0 atom stereocenters. The Kier molecular flexibility index (Phi) is 5.08. The lowest BCUT2D eigenvalue weighted by Gasteiger charge is -2.17. The molecule has 0 aliphatic heterocycles. The summed E-state index contributed by atoms with van der Waals surface area (Å²) in [5.41, 5.74) is -1.91. The highest BCUT2D eigenvalue weighted by Crippen LogP contribution is 2.30. The number of fused-ring (bicyclic) bond motifs is 1. The van der Waals surface area contributed by atoms with Gasteiger partial charge in [-0.15, -0.1) is 0 Å². The number of aliphatic hydroxyl groups is 1. The Bertz CT molecular complexity index is 776. The lowest BCUT2D eigenvalue weighted by molar-refractivity contribution is -0.141. The minimum atomic E-state index is -4.56. The van der Waals surface area contributed by atoms with Gasteiger partial charge in [0.2, 0.25) is 11.9 Å². The van der Waals surface area contributed by atoms with Crippen molar-refractivity contribution in [2.24, 2.45) is 5.92 Å². The fourth-order valence-corrected chi connectivity index (χ4v) is 2.35. The van der Waals surface area contributed by atoms with Crippen molar-refractivity contribution < 1.29 is 23.1 Å². The number of hydrogen-bond acceptors (Lipinski definition) is 4. The minimum absolute atomic E-state index is 0.0575. The number of nitrogens with zero attached hydrogens (tertiary/aromatic N) is 3. The maximum Gasteiger partial charge on any atom is 0.433 e. The van der Waals surface area contributed by atoms with E-state index >= 15 is 0 Å². The molecule has 0 aromatic carbocycles. The molecule has 1 amide bonds. The van der Waals surface area contributed by atoms with E-state index in [4.69, 9.17) is 0 Å². The highest BCUT2D eigenvalue weighted by atomic mass is 19.4. The van der Waals surface area contributed by atoms with Gasteiger partial charge in [-0.3, -0.25) is 14.7 Å². The first-order valence-corrected chi connectivity index (χ1v) is 7.83. The third-order valence-corrected chi connectivity index (χ3v) is 3.27. The number of amides is 1. The first-order chi connectivity index (χ1) is 11.4. The summed E-state index contributed by atoms with van der Waals surface area (Å²) < 4.78 is 40.2. The largest absolute Gasteiger partial charge is 0.433 e. The molecule has 2 N–H and O–H groups in total. The summed E-state index contributed by atoms with van der Waals surface area (Å²) in [6, 6.07) is 2.09. The van der Waals surface area contributed by atoms with Crippen LogP contribution in [0.5, 0.6) is 0 Å². The molecule has 0 fully saturated rings. The lowest BCUT2D eigenvalue weighted by Crippen LogP contribution is -2.28. The van der Waals surface area contributed by atoms with Gasteiger partial charge < -0.3 is 5.11 Å². The number of nitrogens with one attached hydrogen (secondary N) is 1. The average molecular weight is 358 g/mol. The van der Waals surface area contributed by atoms with Gasteiger partial charge in [-0.25, -0.2) is 9.97 Å². The van der Waals surface area contributed by atoms with Crippen LogP contribution < -0.4 is 5.32 Å². The molecule has 25 heavy (non-hydrogen) atoms. The van der Waals surface area contributed by atoms with Crippen LogP contribution in [0.2, 0.25) is 0 Å². The van der Waals surface area contributed by atoms with Crippen molar-refractivity contribution in [1.82, 2.24) is 14.5 Å². The zero-order chi connectivity index (χ0) is 19.0. The van der Waals surface area contributed by atoms with Gasteiger partial charge in [0, 0.05) is 6.54 Å². The number of carbonyl (C=O) groups excluding carboxylic acids is 1. The maximum atomic E-state index is 12.9. The molecular weight excluding hydrogens is 337 g/mol. The van der Waals surface area contributed by atoms with Gasteiger partial charge in [0.25, 0.3) is 0 Å². The van der Waals surface area contributed by atoms with Crippen molar-refractivity contribution in [3.63, 3.8) is 0 Å². The molecule has 0 aliphatic carbocycles. The molecule has 0 saturated carbocycles. The van der Waals surface area contributed by atoms with Crippen molar-refractivity contribution in [3.05, 3.63) is 17.8 Å². The Hall–Kier alpha value is -2.16. The number of imidazole rings is 1. The van der Waals surface area contributed by atoms with Crippen LogP contribution in [0.1, 0.15) is 39.8 Å². The molecule has 0 spiro atoms. The van der Waals surface area contributed by atoms with E-state index in [1.54, 1.807) is 0 Å². The SMILES string of the molecule is CC(C)Cn1c(NC(=O)CC(C)(C)O)nc2ccc(C(F)(F)F)nc21. The predicted molar refractivity (Wildman–Crippen MR) is 86.9 cm³/mol. The van der Waals surface area contributed by atoms with Crippen LogP contribution >= 0.6 is 0 Å². The van der Waals surface area contributed by atoms with Crippen LogP contribution in [-0.2, 0) is 17.5 Å². The number of aromatic nitrogens is 3. The quantitative estimate of drug-likeness (QED) is 0.860. The van der Waals surface area contributed by atoms with E-state index < -0.39 is 23.4 Å². The van der Waals surface area contributed by atoms with E-state index in [-0.39, 0.29) is 29.5 Å². The Morgan fingerprint density at radius 1 is 1.28 bits per heavy atom. The van der Waals surface area contributed by atoms with Crippen molar-refractivity contribution in [1.29, 1.82) is 0 Å². The summed E-state index contributed by atoms with van der Waals surface area (Å²) in [6.07, 6.45) is -4.73. The molecule has 2 aromatic rings. The predicted octanol–water partition coefficient (Wildman–Crippen LogP) is 3.21. The van der Waals surface area contributed by atoms with Gasteiger partial charge in [0.1, 0.15) is 11.2 Å². The molecule has 0 saturated heterocycles. The van der Waals surface area contributed by atoms with Crippen LogP contribution in [0.4, 0.5) is 19.1 Å². The summed E-state index contributed by atoms with van der Waals surface area (Å²) in [4.78, 5) is 19.9. The van der Waals surface area contributed by atoms with Crippen LogP contribution in [-0.4, -0.2) is 31.1 Å². The Morgan fingerprint density at radius 3 is 2.44 bits per heavy atom. The van der Waals surface area contributed by atoms with Crippen LogP contribution in [0, 0.1) is 5.92 Å². The van der Waals surface area contributed by atoms with E-state index in [0.717, 1.165) is 6.07 Å². The van der Waals surface area contributed by atoms with Crippen LogP contribution in [0.25, 0.3) is 11.2 Å². The number of hydrogen-bond donors (Lipinski definition) is 2. The monoisotopic (exact) mass is 358 g/mol. The van der Waals surface area contributed by atoms with Crippen LogP contribution in [0.3, 0.4) is 0 Å². The fraction of sp³-hybridized carbons (Fsp3) is 0.562.